The van der Waals surface area contributed by atoms with Crippen molar-refractivity contribution < 1.29 is 4.79 Å². The minimum atomic E-state index is -0.581. The summed E-state index contributed by atoms with van der Waals surface area (Å²) < 4.78 is 1.36. The highest BCUT2D eigenvalue weighted by molar-refractivity contribution is 5.98. The second-order valence-electron chi connectivity index (χ2n) is 6.94. The Morgan fingerprint density at radius 1 is 1.38 bits per heavy atom. The molecule has 0 bridgehead atoms. The molecule has 1 aromatic rings. The molecule has 1 amide bonds. The second kappa shape index (κ2) is 7.68. The van der Waals surface area contributed by atoms with E-state index in [0.717, 1.165) is 32.1 Å². The minimum Gasteiger partial charge on any atom is -0.383 e. The third kappa shape index (κ3) is 4.07. The van der Waals surface area contributed by atoms with Gasteiger partial charge in [0.2, 0.25) is 5.91 Å². The van der Waals surface area contributed by atoms with Crippen LogP contribution in [-0.4, -0.2) is 22.0 Å². The first-order chi connectivity index (χ1) is 11.4. The fourth-order valence-electron chi connectivity index (χ4n) is 2.65. The molecule has 0 spiro atoms. The van der Waals surface area contributed by atoms with Crippen molar-refractivity contribution in [1.29, 1.82) is 0 Å². The van der Waals surface area contributed by atoms with E-state index in [1.165, 1.54) is 9.47 Å². The number of carbonyl (C=O) groups excluding carboxylic acids is 1. The SMILES string of the molecule is CCCCn1c(N)c(N(CCC(C)C)C(=O)C2CC2)c(=O)[nH]c1=O. The van der Waals surface area contributed by atoms with Crippen molar-refractivity contribution in [3.05, 3.63) is 20.8 Å². The van der Waals surface area contributed by atoms with Gasteiger partial charge in [0.1, 0.15) is 5.82 Å². The lowest BCUT2D eigenvalue weighted by atomic mass is 10.1. The Morgan fingerprint density at radius 3 is 2.58 bits per heavy atom. The number of carbonyl (C=O) groups is 1. The van der Waals surface area contributed by atoms with E-state index in [4.69, 9.17) is 5.73 Å². The van der Waals surface area contributed by atoms with Crippen molar-refractivity contribution >= 4 is 17.4 Å². The summed E-state index contributed by atoms with van der Waals surface area (Å²) in [6.07, 6.45) is 4.15. The first-order valence-corrected chi connectivity index (χ1v) is 8.80. The standard InChI is InChI=1S/C17H28N4O3/c1-4-5-9-21-14(18)13(15(22)19-17(21)24)20(10-8-11(2)3)16(23)12-6-7-12/h11-12H,4-10,18H2,1-3H3,(H,19,22,24). The maximum Gasteiger partial charge on any atom is 0.330 e. The average Bonchev–Trinajstić information content (AvgIpc) is 3.34. The van der Waals surface area contributed by atoms with Gasteiger partial charge in [-0.15, -0.1) is 0 Å². The number of nitrogens with zero attached hydrogens (tertiary/aromatic N) is 2. The summed E-state index contributed by atoms with van der Waals surface area (Å²) in [6.45, 7) is 7.01. The van der Waals surface area contributed by atoms with Crippen molar-refractivity contribution in [2.45, 2.75) is 59.4 Å². The molecule has 7 nitrogen and oxygen atoms in total. The van der Waals surface area contributed by atoms with Crippen LogP contribution in [0.1, 0.15) is 52.9 Å². The smallest absolute Gasteiger partial charge is 0.330 e. The molecular formula is C17H28N4O3. The van der Waals surface area contributed by atoms with Gasteiger partial charge in [0, 0.05) is 19.0 Å². The molecule has 1 aromatic heterocycles. The largest absolute Gasteiger partial charge is 0.383 e. The molecule has 1 saturated carbocycles. The molecule has 1 aliphatic carbocycles. The summed E-state index contributed by atoms with van der Waals surface area (Å²) in [5.74, 6) is 0.404. The third-order valence-corrected chi connectivity index (χ3v) is 4.34. The van der Waals surface area contributed by atoms with Gasteiger partial charge in [-0.1, -0.05) is 27.2 Å². The van der Waals surface area contributed by atoms with E-state index in [1.54, 1.807) is 0 Å². The molecule has 2 rings (SSSR count). The van der Waals surface area contributed by atoms with Crippen molar-refractivity contribution in [3.8, 4) is 0 Å². The Balaban J connectivity index is 2.45. The molecule has 24 heavy (non-hydrogen) atoms. The van der Waals surface area contributed by atoms with Crippen LogP contribution in [-0.2, 0) is 11.3 Å². The predicted molar refractivity (Wildman–Crippen MR) is 95.2 cm³/mol. The number of aromatic nitrogens is 2. The minimum absolute atomic E-state index is 0.0213. The summed E-state index contributed by atoms with van der Waals surface area (Å²) in [6, 6.07) is 0. The number of aromatic amines is 1. The molecule has 0 atom stereocenters. The average molecular weight is 336 g/mol. The van der Waals surface area contributed by atoms with E-state index in [-0.39, 0.29) is 23.3 Å². The number of nitrogens with one attached hydrogen (secondary N) is 1. The lowest BCUT2D eigenvalue weighted by Gasteiger charge is -2.25. The van der Waals surface area contributed by atoms with E-state index in [0.29, 0.717) is 19.0 Å². The van der Waals surface area contributed by atoms with E-state index in [2.05, 4.69) is 18.8 Å². The normalized spacial score (nSPS) is 14.2. The Morgan fingerprint density at radius 2 is 2.04 bits per heavy atom. The molecule has 1 aliphatic rings. The molecule has 3 N–H and O–H groups in total. The van der Waals surface area contributed by atoms with Crippen LogP contribution in [0, 0.1) is 11.8 Å². The summed E-state index contributed by atoms with van der Waals surface area (Å²) in [4.78, 5) is 40.9. The Labute approximate surface area is 141 Å². The predicted octanol–water partition coefficient (Wildman–Crippen LogP) is 1.71. The Hall–Kier alpha value is -2.05. The lowest BCUT2D eigenvalue weighted by molar-refractivity contribution is -0.119. The summed E-state index contributed by atoms with van der Waals surface area (Å²) >= 11 is 0. The highest BCUT2D eigenvalue weighted by atomic mass is 16.2. The van der Waals surface area contributed by atoms with Crippen LogP contribution in [0.4, 0.5) is 11.5 Å². The lowest BCUT2D eigenvalue weighted by Crippen LogP contribution is -2.42. The van der Waals surface area contributed by atoms with Crippen LogP contribution < -0.4 is 21.9 Å². The number of anilines is 2. The molecular weight excluding hydrogens is 308 g/mol. The maximum absolute atomic E-state index is 12.7. The number of unbranched alkanes of at least 4 members (excludes halogenated alkanes) is 1. The fourth-order valence-corrected chi connectivity index (χ4v) is 2.65. The first-order valence-electron chi connectivity index (χ1n) is 8.80. The van der Waals surface area contributed by atoms with Crippen molar-refractivity contribution in [2.75, 3.05) is 17.2 Å². The molecule has 134 valence electrons. The first kappa shape index (κ1) is 18.3. The summed E-state index contributed by atoms with van der Waals surface area (Å²) in [5.41, 5.74) is 5.17. The molecule has 0 aliphatic heterocycles. The van der Waals surface area contributed by atoms with Crippen LogP contribution >= 0.6 is 0 Å². The van der Waals surface area contributed by atoms with Crippen LogP contribution in [0.15, 0.2) is 9.59 Å². The quantitative estimate of drug-likeness (QED) is 0.754. The van der Waals surface area contributed by atoms with Crippen molar-refractivity contribution in [1.82, 2.24) is 9.55 Å². The zero-order valence-electron chi connectivity index (χ0n) is 14.8. The number of nitrogen functional groups attached to an aromatic ring is 1. The van der Waals surface area contributed by atoms with Gasteiger partial charge < -0.3 is 10.6 Å². The number of hydrogen-bond donors (Lipinski definition) is 2. The molecule has 0 unspecified atom stereocenters. The Bertz CT molecular complexity index is 701. The van der Waals surface area contributed by atoms with Gasteiger partial charge in [0.25, 0.3) is 5.56 Å². The van der Waals surface area contributed by atoms with Crippen LogP contribution in [0.25, 0.3) is 0 Å². The molecule has 0 aromatic carbocycles. The van der Waals surface area contributed by atoms with Gasteiger partial charge in [-0.05, 0) is 31.6 Å². The number of nitrogens with two attached hydrogens (primary N) is 1. The van der Waals surface area contributed by atoms with Gasteiger partial charge in [0.05, 0.1) is 0 Å². The van der Waals surface area contributed by atoms with E-state index >= 15 is 0 Å². The molecule has 1 heterocycles. The second-order valence-corrected chi connectivity index (χ2v) is 6.94. The van der Waals surface area contributed by atoms with E-state index in [1.807, 2.05) is 6.92 Å². The number of hydrogen-bond acceptors (Lipinski definition) is 4. The van der Waals surface area contributed by atoms with Crippen molar-refractivity contribution in [3.63, 3.8) is 0 Å². The Kier molecular flexibility index (Phi) is 5.85. The topological polar surface area (TPSA) is 101 Å². The van der Waals surface area contributed by atoms with Crippen LogP contribution in [0.3, 0.4) is 0 Å². The fraction of sp³-hybridized carbons (Fsp3) is 0.706. The maximum atomic E-state index is 12.7. The van der Waals surface area contributed by atoms with Gasteiger partial charge in [-0.2, -0.15) is 0 Å². The highest BCUT2D eigenvalue weighted by Crippen LogP contribution is 2.33. The van der Waals surface area contributed by atoms with Gasteiger partial charge >= 0.3 is 5.69 Å². The monoisotopic (exact) mass is 336 g/mol. The summed E-state index contributed by atoms with van der Waals surface area (Å²) in [5, 5.41) is 0. The molecule has 0 saturated heterocycles. The highest BCUT2D eigenvalue weighted by Gasteiger charge is 2.36. The van der Waals surface area contributed by atoms with Crippen molar-refractivity contribution in [2.24, 2.45) is 11.8 Å². The van der Waals surface area contributed by atoms with Crippen LogP contribution in [0.5, 0.6) is 0 Å². The molecule has 1 fully saturated rings. The molecule has 0 radical (unpaired) electrons. The van der Waals surface area contributed by atoms with Gasteiger partial charge in [-0.25, -0.2) is 4.79 Å². The number of rotatable bonds is 8. The summed E-state index contributed by atoms with van der Waals surface area (Å²) in [7, 11) is 0. The zero-order valence-corrected chi connectivity index (χ0v) is 14.8. The molecule has 7 heteroatoms. The third-order valence-electron chi connectivity index (χ3n) is 4.34. The van der Waals surface area contributed by atoms with Gasteiger partial charge in [-0.3, -0.25) is 19.1 Å². The number of H-pyrrole nitrogens is 1. The number of amides is 1. The van der Waals surface area contributed by atoms with Crippen LogP contribution in [0.2, 0.25) is 0 Å². The van der Waals surface area contributed by atoms with E-state index in [9.17, 15) is 14.4 Å². The van der Waals surface area contributed by atoms with Gasteiger partial charge in [0.15, 0.2) is 5.69 Å². The van der Waals surface area contributed by atoms with E-state index < -0.39 is 11.2 Å². The zero-order chi connectivity index (χ0) is 17.9.